The summed E-state index contributed by atoms with van der Waals surface area (Å²) in [5.74, 6) is 0.711. The molecule has 3 heterocycles. The maximum Gasteiger partial charge on any atom is 0.242 e. The number of thiophene rings is 1. The summed E-state index contributed by atoms with van der Waals surface area (Å²) in [4.78, 5) is 21.9. The lowest BCUT2D eigenvalue weighted by atomic mass is 10.1. The van der Waals surface area contributed by atoms with E-state index in [1.54, 1.807) is 32.2 Å². The fraction of sp³-hybridized carbons (Fsp3) is 0.647. The molecule has 1 aromatic rings. The van der Waals surface area contributed by atoms with Gasteiger partial charge in [-0.15, -0.1) is 35.3 Å². The Bertz CT molecular complexity index is 820. The van der Waals surface area contributed by atoms with Crippen LogP contribution >= 0.6 is 35.3 Å². The van der Waals surface area contributed by atoms with Crippen LogP contribution < -0.4 is 5.32 Å². The second-order valence-corrected chi connectivity index (χ2v) is 11.1. The molecule has 152 valence electrons. The molecule has 0 unspecified atom stereocenters. The van der Waals surface area contributed by atoms with Gasteiger partial charge >= 0.3 is 0 Å². The highest BCUT2D eigenvalue weighted by Crippen LogP contribution is 2.25. The summed E-state index contributed by atoms with van der Waals surface area (Å²) in [6.07, 6.45) is 0.908. The molecule has 2 aliphatic heterocycles. The Morgan fingerprint density at radius 2 is 2.07 bits per heavy atom. The molecule has 3 rings (SSSR count). The largest absolute Gasteiger partial charge is 0.347 e. The highest BCUT2D eigenvalue weighted by atomic mass is 127. The lowest BCUT2D eigenvalue weighted by Crippen LogP contribution is -2.58. The molecule has 0 aromatic carbocycles. The molecule has 0 spiro atoms. The average molecular weight is 526 g/mol. The van der Waals surface area contributed by atoms with Gasteiger partial charge in [-0.2, -0.15) is 0 Å². The molecular weight excluding hydrogens is 499 g/mol. The van der Waals surface area contributed by atoms with Crippen LogP contribution in [0.5, 0.6) is 0 Å². The predicted octanol–water partition coefficient (Wildman–Crippen LogP) is 1.34. The average Bonchev–Trinajstić information content (AvgIpc) is 3.06. The maximum atomic E-state index is 12.6. The van der Waals surface area contributed by atoms with Crippen LogP contribution in [0.15, 0.2) is 16.4 Å². The van der Waals surface area contributed by atoms with Crippen LogP contribution in [0.1, 0.15) is 24.3 Å². The van der Waals surface area contributed by atoms with E-state index in [1.165, 1.54) is 10.4 Å². The SMILES string of the molecule is CN=C(NCC(=O)N1CCc2sccc2C1)N1CCS(=O)(=O)C(C)(C)C1.I. The van der Waals surface area contributed by atoms with Gasteiger partial charge in [-0.1, -0.05) is 0 Å². The van der Waals surface area contributed by atoms with E-state index in [9.17, 15) is 13.2 Å². The molecule has 1 amide bonds. The van der Waals surface area contributed by atoms with Crippen molar-refractivity contribution in [1.29, 1.82) is 0 Å². The van der Waals surface area contributed by atoms with Crippen LogP contribution in [-0.2, 0) is 27.6 Å². The number of carbonyl (C=O) groups is 1. The van der Waals surface area contributed by atoms with E-state index in [-0.39, 0.29) is 42.2 Å². The van der Waals surface area contributed by atoms with E-state index < -0.39 is 14.6 Å². The lowest BCUT2D eigenvalue weighted by molar-refractivity contribution is -0.130. The number of nitrogens with zero attached hydrogens (tertiary/aromatic N) is 3. The first-order valence-corrected chi connectivity index (χ1v) is 11.3. The highest BCUT2D eigenvalue weighted by molar-refractivity contribution is 14.0. The Morgan fingerprint density at radius 3 is 2.74 bits per heavy atom. The Labute approximate surface area is 182 Å². The molecule has 0 radical (unpaired) electrons. The first-order chi connectivity index (χ1) is 12.2. The van der Waals surface area contributed by atoms with Crippen LogP contribution in [0, 0.1) is 0 Å². The normalized spacial score (nSPS) is 21.2. The van der Waals surface area contributed by atoms with Gasteiger partial charge in [0.25, 0.3) is 0 Å². The van der Waals surface area contributed by atoms with Crippen molar-refractivity contribution in [3.05, 3.63) is 21.9 Å². The number of fused-ring (bicyclic) bond motifs is 1. The molecule has 10 heteroatoms. The minimum atomic E-state index is -3.11. The van der Waals surface area contributed by atoms with Crippen LogP contribution in [0.25, 0.3) is 0 Å². The number of rotatable bonds is 2. The number of sulfone groups is 1. The minimum Gasteiger partial charge on any atom is -0.347 e. The zero-order valence-corrected chi connectivity index (χ0v) is 19.9. The van der Waals surface area contributed by atoms with Crippen LogP contribution in [0.3, 0.4) is 0 Å². The second kappa shape index (κ2) is 8.64. The van der Waals surface area contributed by atoms with Crippen molar-refractivity contribution in [3.8, 4) is 0 Å². The number of carbonyl (C=O) groups excluding carboxylic acids is 1. The molecule has 0 atom stereocenters. The lowest BCUT2D eigenvalue weighted by Gasteiger charge is -2.39. The van der Waals surface area contributed by atoms with E-state index >= 15 is 0 Å². The molecule has 2 aliphatic rings. The van der Waals surface area contributed by atoms with Gasteiger partial charge in [0.1, 0.15) is 0 Å². The first kappa shape index (κ1) is 22.4. The third-order valence-electron chi connectivity index (χ3n) is 5.11. The maximum absolute atomic E-state index is 12.6. The molecule has 7 nitrogen and oxygen atoms in total. The third-order valence-corrected chi connectivity index (χ3v) is 8.67. The third kappa shape index (κ3) is 4.76. The first-order valence-electron chi connectivity index (χ1n) is 8.74. The zero-order chi connectivity index (χ0) is 18.9. The molecule has 27 heavy (non-hydrogen) atoms. The van der Waals surface area contributed by atoms with Crippen molar-refractivity contribution in [2.24, 2.45) is 4.99 Å². The molecule has 0 aliphatic carbocycles. The highest BCUT2D eigenvalue weighted by Gasteiger charge is 2.41. The van der Waals surface area contributed by atoms with Gasteiger partial charge in [-0.3, -0.25) is 9.79 Å². The molecule has 0 saturated carbocycles. The molecular formula is C17H27IN4O3S2. The van der Waals surface area contributed by atoms with Crippen LogP contribution in [0.2, 0.25) is 0 Å². The number of hydrogen-bond acceptors (Lipinski definition) is 5. The number of guanidine groups is 1. The summed E-state index contributed by atoms with van der Waals surface area (Å²) in [5.41, 5.74) is 1.24. The van der Waals surface area contributed by atoms with E-state index in [0.29, 0.717) is 25.6 Å². The van der Waals surface area contributed by atoms with Gasteiger partial charge in [0.05, 0.1) is 17.0 Å². The molecule has 1 saturated heterocycles. The van der Waals surface area contributed by atoms with Crippen LogP contribution in [-0.4, -0.2) is 73.8 Å². The summed E-state index contributed by atoms with van der Waals surface area (Å²) in [6.45, 7) is 5.79. The van der Waals surface area contributed by atoms with E-state index in [2.05, 4.69) is 21.8 Å². The van der Waals surface area contributed by atoms with Gasteiger partial charge < -0.3 is 15.1 Å². The van der Waals surface area contributed by atoms with Crippen molar-refractivity contribution in [2.45, 2.75) is 31.6 Å². The fourth-order valence-electron chi connectivity index (χ4n) is 3.38. The summed E-state index contributed by atoms with van der Waals surface area (Å²) in [7, 11) is -1.45. The Hall–Kier alpha value is -0.880. The number of amides is 1. The molecule has 1 aromatic heterocycles. The Kier molecular flexibility index (Phi) is 7.17. The van der Waals surface area contributed by atoms with E-state index in [4.69, 9.17) is 0 Å². The van der Waals surface area contributed by atoms with Gasteiger partial charge in [0, 0.05) is 38.1 Å². The smallest absolute Gasteiger partial charge is 0.242 e. The van der Waals surface area contributed by atoms with Crippen molar-refractivity contribution in [1.82, 2.24) is 15.1 Å². The second-order valence-electron chi connectivity index (χ2n) is 7.34. The Balaban J connectivity index is 0.00000261. The predicted molar refractivity (Wildman–Crippen MR) is 120 cm³/mol. The zero-order valence-electron chi connectivity index (χ0n) is 15.9. The standard InChI is InChI=1S/C17H26N4O3S2.HI/c1-17(2)12-21(7-9-26(17,23)24)16(18-3)19-10-15(22)20-6-4-14-13(11-20)5-8-25-14;/h5,8H,4,6-7,9-12H2,1-3H3,(H,18,19);1H. The van der Waals surface area contributed by atoms with Gasteiger partial charge in [0.2, 0.25) is 5.91 Å². The van der Waals surface area contributed by atoms with Crippen molar-refractivity contribution in [2.75, 3.05) is 39.0 Å². The Morgan fingerprint density at radius 1 is 1.33 bits per heavy atom. The number of halogens is 1. The summed E-state index contributed by atoms with van der Waals surface area (Å²) < 4.78 is 23.5. The molecule has 0 bridgehead atoms. The topological polar surface area (TPSA) is 82.1 Å². The number of hydrogen-bond donors (Lipinski definition) is 1. The monoisotopic (exact) mass is 526 g/mol. The van der Waals surface area contributed by atoms with Crippen molar-refractivity contribution < 1.29 is 13.2 Å². The summed E-state index contributed by atoms with van der Waals surface area (Å²) >= 11 is 1.75. The molecule has 1 fully saturated rings. The van der Waals surface area contributed by atoms with Gasteiger partial charge in [-0.25, -0.2) is 8.42 Å². The van der Waals surface area contributed by atoms with Gasteiger partial charge in [-0.05, 0) is 37.3 Å². The van der Waals surface area contributed by atoms with E-state index in [1.807, 2.05) is 9.80 Å². The van der Waals surface area contributed by atoms with Gasteiger partial charge in [0.15, 0.2) is 15.8 Å². The number of nitrogens with one attached hydrogen (secondary N) is 1. The van der Waals surface area contributed by atoms with Crippen LogP contribution in [0.4, 0.5) is 0 Å². The summed E-state index contributed by atoms with van der Waals surface area (Å²) in [5, 5.41) is 5.19. The molecule has 1 N–H and O–H groups in total. The fourth-order valence-corrected chi connectivity index (χ4v) is 5.64. The summed E-state index contributed by atoms with van der Waals surface area (Å²) in [6, 6.07) is 2.09. The minimum absolute atomic E-state index is 0. The number of aliphatic imine (C=N–C) groups is 1. The van der Waals surface area contributed by atoms with Crippen molar-refractivity contribution >= 4 is 57.0 Å². The van der Waals surface area contributed by atoms with Crippen molar-refractivity contribution in [3.63, 3.8) is 0 Å². The van der Waals surface area contributed by atoms with E-state index in [0.717, 1.165) is 13.0 Å². The quantitative estimate of drug-likeness (QED) is 0.358.